The molecule has 0 aromatic carbocycles. The molecule has 0 aliphatic carbocycles. The van der Waals surface area contributed by atoms with E-state index in [-0.39, 0.29) is 11.9 Å². The molecule has 1 saturated heterocycles. The van der Waals surface area contributed by atoms with E-state index in [2.05, 4.69) is 4.74 Å². The van der Waals surface area contributed by atoms with Gasteiger partial charge in [0.1, 0.15) is 0 Å². The van der Waals surface area contributed by atoms with E-state index in [9.17, 15) is 9.59 Å². The third kappa shape index (κ3) is 3.26. The van der Waals surface area contributed by atoms with E-state index in [0.29, 0.717) is 11.0 Å². The highest BCUT2D eigenvalue weighted by Crippen LogP contribution is 2.24. The van der Waals surface area contributed by atoms with Crippen LogP contribution in [0.5, 0.6) is 0 Å². The zero-order chi connectivity index (χ0) is 13.0. The van der Waals surface area contributed by atoms with Gasteiger partial charge in [-0.1, -0.05) is 0 Å². The van der Waals surface area contributed by atoms with Crippen LogP contribution in [0.25, 0.3) is 0 Å². The van der Waals surface area contributed by atoms with Gasteiger partial charge in [-0.2, -0.15) is 11.3 Å². The first-order valence-corrected chi connectivity index (χ1v) is 7.69. The van der Waals surface area contributed by atoms with Crippen LogP contribution < -0.4 is 0 Å². The highest BCUT2D eigenvalue weighted by Gasteiger charge is 2.27. The number of hydrogen-bond donors (Lipinski definition) is 0. The first-order chi connectivity index (χ1) is 8.70. The van der Waals surface area contributed by atoms with E-state index in [4.69, 9.17) is 0 Å². The molecule has 0 bridgehead atoms. The normalized spacial score (nSPS) is 18.9. The quantitative estimate of drug-likeness (QED) is 0.792. The van der Waals surface area contributed by atoms with Gasteiger partial charge in [0.25, 0.3) is 5.91 Å². The van der Waals surface area contributed by atoms with Gasteiger partial charge in [0.05, 0.1) is 18.4 Å². The number of nitrogens with zero attached hydrogens (tertiary/aromatic N) is 1. The van der Waals surface area contributed by atoms with Crippen LogP contribution in [0, 0.1) is 0 Å². The van der Waals surface area contributed by atoms with Crippen molar-refractivity contribution in [1.82, 2.24) is 4.90 Å². The SMILES string of the molecule is COC(=O)CS[C@@H]1CCN(C(=O)c2ccsc2)C1. The van der Waals surface area contributed by atoms with Crippen molar-refractivity contribution < 1.29 is 14.3 Å². The molecule has 2 rings (SSSR count). The predicted molar refractivity (Wildman–Crippen MR) is 73.1 cm³/mol. The van der Waals surface area contributed by atoms with Gasteiger partial charge < -0.3 is 9.64 Å². The summed E-state index contributed by atoms with van der Waals surface area (Å²) in [6.07, 6.45) is 0.942. The Labute approximate surface area is 114 Å². The van der Waals surface area contributed by atoms with Crippen LogP contribution in [-0.4, -0.2) is 48.0 Å². The fourth-order valence-corrected chi connectivity index (χ4v) is 3.54. The smallest absolute Gasteiger partial charge is 0.315 e. The number of esters is 1. The van der Waals surface area contributed by atoms with Gasteiger partial charge in [-0.05, 0) is 17.9 Å². The van der Waals surface area contributed by atoms with E-state index in [0.717, 1.165) is 25.1 Å². The third-order valence-corrected chi connectivity index (χ3v) is 4.81. The van der Waals surface area contributed by atoms with Gasteiger partial charge in [-0.15, -0.1) is 11.8 Å². The molecule has 1 atom stereocenters. The number of likely N-dealkylation sites (tertiary alicyclic amines) is 1. The number of carbonyl (C=O) groups is 2. The van der Waals surface area contributed by atoms with Gasteiger partial charge in [0, 0.05) is 23.7 Å². The van der Waals surface area contributed by atoms with Crippen molar-refractivity contribution in [3.05, 3.63) is 22.4 Å². The Hall–Kier alpha value is -1.01. The minimum atomic E-state index is -0.206. The summed E-state index contributed by atoms with van der Waals surface area (Å²) in [5.41, 5.74) is 0.763. The van der Waals surface area contributed by atoms with Crippen molar-refractivity contribution in [1.29, 1.82) is 0 Å². The van der Waals surface area contributed by atoms with Crippen LogP contribution in [0.3, 0.4) is 0 Å². The van der Waals surface area contributed by atoms with Crippen LogP contribution in [0.1, 0.15) is 16.8 Å². The van der Waals surface area contributed by atoms with Gasteiger partial charge >= 0.3 is 5.97 Å². The van der Waals surface area contributed by atoms with Crippen molar-refractivity contribution in [3.8, 4) is 0 Å². The number of thioether (sulfide) groups is 1. The highest BCUT2D eigenvalue weighted by molar-refractivity contribution is 8.00. The largest absolute Gasteiger partial charge is 0.468 e. The van der Waals surface area contributed by atoms with E-state index >= 15 is 0 Å². The van der Waals surface area contributed by atoms with Crippen molar-refractivity contribution >= 4 is 35.0 Å². The molecule has 0 N–H and O–H groups in total. The summed E-state index contributed by atoms with van der Waals surface area (Å²) in [6.45, 7) is 1.49. The van der Waals surface area contributed by atoms with E-state index in [1.165, 1.54) is 18.4 Å². The van der Waals surface area contributed by atoms with Crippen LogP contribution >= 0.6 is 23.1 Å². The number of carbonyl (C=O) groups excluding carboxylic acids is 2. The molecule has 1 aliphatic heterocycles. The summed E-state index contributed by atoms with van der Waals surface area (Å²) in [5, 5.41) is 4.12. The number of thiophene rings is 1. The summed E-state index contributed by atoms with van der Waals surface area (Å²) in [6, 6.07) is 1.85. The molecule has 98 valence electrons. The summed E-state index contributed by atoms with van der Waals surface area (Å²) >= 11 is 3.10. The lowest BCUT2D eigenvalue weighted by atomic mass is 10.3. The lowest BCUT2D eigenvalue weighted by Crippen LogP contribution is -2.28. The Kier molecular flexibility index (Phi) is 4.66. The van der Waals surface area contributed by atoms with Crippen LogP contribution in [0.2, 0.25) is 0 Å². The van der Waals surface area contributed by atoms with Gasteiger partial charge in [0.2, 0.25) is 0 Å². The molecule has 1 aliphatic rings. The number of methoxy groups -OCH3 is 1. The number of amides is 1. The van der Waals surface area contributed by atoms with E-state index in [1.54, 1.807) is 11.8 Å². The first kappa shape index (κ1) is 13.4. The van der Waals surface area contributed by atoms with E-state index in [1.807, 2.05) is 21.7 Å². The standard InChI is InChI=1S/C12H15NO3S2/c1-16-11(14)8-18-10-2-4-13(6-10)12(15)9-3-5-17-7-9/h3,5,7,10H,2,4,6,8H2,1H3/t10-/m1/s1. The van der Waals surface area contributed by atoms with E-state index < -0.39 is 0 Å². The molecular formula is C12H15NO3S2. The van der Waals surface area contributed by atoms with Crippen molar-refractivity contribution in [3.63, 3.8) is 0 Å². The molecule has 1 fully saturated rings. The topological polar surface area (TPSA) is 46.6 Å². The van der Waals surface area contributed by atoms with Crippen LogP contribution in [-0.2, 0) is 9.53 Å². The number of hydrogen-bond acceptors (Lipinski definition) is 5. The number of ether oxygens (including phenoxy) is 1. The number of rotatable bonds is 4. The Bertz CT molecular complexity index is 419. The fraction of sp³-hybridized carbons (Fsp3) is 0.500. The first-order valence-electron chi connectivity index (χ1n) is 5.70. The Morgan fingerprint density at radius 3 is 3.11 bits per heavy atom. The van der Waals surface area contributed by atoms with Crippen LogP contribution in [0.4, 0.5) is 0 Å². The zero-order valence-corrected chi connectivity index (χ0v) is 11.8. The second-order valence-electron chi connectivity index (χ2n) is 4.06. The maximum atomic E-state index is 12.1. The molecule has 1 aromatic heterocycles. The predicted octanol–water partition coefficient (Wildman–Crippen LogP) is 1.87. The molecule has 1 aromatic rings. The molecule has 1 amide bonds. The van der Waals surface area contributed by atoms with Gasteiger partial charge in [-0.25, -0.2) is 0 Å². The van der Waals surface area contributed by atoms with Crippen LogP contribution in [0.15, 0.2) is 16.8 Å². The van der Waals surface area contributed by atoms with Crippen molar-refractivity contribution in [2.45, 2.75) is 11.7 Å². The molecule has 2 heterocycles. The summed E-state index contributed by atoms with van der Waals surface area (Å²) in [5.74, 6) is 0.252. The average molecular weight is 285 g/mol. The lowest BCUT2D eigenvalue weighted by Gasteiger charge is -2.15. The molecule has 0 radical (unpaired) electrons. The van der Waals surface area contributed by atoms with Gasteiger partial charge in [-0.3, -0.25) is 9.59 Å². The Morgan fingerprint density at radius 2 is 2.44 bits per heavy atom. The third-order valence-electron chi connectivity index (χ3n) is 2.86. The van der Waals surface area contributed by atoms with Crippen molar-refractivity contribution in [2.24, 2.45) is 0 Å². The second kappa shape index (κ2) is 6.24. The molecule has 0 spiro atoms. The molecule has 4 nitrogen and oxygen atoms in total. The summed E-state index contributed by atoms with van der Waals surface area (Å²) in [4.78, 5) is 25.0. The summed E-state index contributed by atoms with van der Waals surface area (Å²) in [7, 11) is 1.39. The highest BCUT2D eigenvalue weighted by atomic mass is 32.2. The average Bonchev–Trinajstić information content (AvgIpc) is 3.05. The fourth-order valence-electron chi connectivity index (χ4n) is 1.86. The summed E-state index contributed by atoms with van der Waals surface area (Å²) < 4.78 is 4.60. The minimum Gasteiger partial charge on any atom is -0.468 e. The maximum Gasteiger partial charge on any atom is 0.315 e. The molecule has 0 unspecified atom stereocenters. The molecular weight excluding hydrogens is 270 g/mol. The maximum absolute atomic E-state index is 12.1. The van der Waals surface area contributed by atoms with Gasteiger partial charge in [0.15, 0.2) is 0 Å². The Balaban J connectivity index is 1.81. The monoisotopic (exact) mass is 285 g/mol. The minimum absolute atomic E-state index is 0.0948. The molecule has 18 heavy (non-hydrogen) atoms. The molecule has 0 saturated carbocycles. The lowest BCUT2D eigenvalue weighted by molar-refractivity contribution is -0.137. The second-order valence-corrected chi connectivity index (χ2v) is 6.13. The zero-order valence-electron chi connectivity index (χ0n) is 10.1. The molecule has 6 heteroatoms. The van der Waals surface area contributed by atoms with Crippen molar-refractivity contribution in [2.75, 3.05) is 26.0 Å². The Morgan fingerprint density at radius 1 is 1.61 bits per heavy atom.